The van der Waals surface area contributed by atoms with Gasteiger partial charge in [0.2, 0.25) is 0 Å². The van der Waals surface area contributed by atoms with E-state index < -0.39 is 0 Å². The van der Waals surface area contributed by atoms with Gasteiger partial charge in [-0.3, -0.25) is 9.36 Å². The Morgan fingerprint density at radius 2 is 1.46 bits per heavy atom. The van der Waals surface area contributed by atoms with Crippen molar-refractivity contribution in [2.24, 2.45) is 0 Å². The summed E-state index contributed by atoms with van der Waals surface area (Å²) in [7, 11) is 4.55. The van der Waals surface area contributed by atoms with Gasteiger partial charge in [0.25, 0.3) is 5.91 Å². The molecule has 0 bridgehead atoms. The van der Waals surface area contributed by atoms with Crippen LogP contribution in [0.15, 0.2) is 30.6 Å². The van der Waals surface area contributed by atoms with Crippen LogP contribution in [0.2, 0.25) is 0 Å². The van der Waals surface area contributed by atoms with Crippen molar-refractivity contribution < 1.29 is 33.2 Å². The lowest BCUT2D eigenvalue weighted by Crippen LogP contribution is -2.17. The Balaban J connectivity index is 2.67. The Morgan fingerprint density at radius 1 is 0.893 bits per heavy atom. The molecule has 1 aromatic carbocycles. The van der Waals surface area contributed by atoms with E-state index in [-0.39, 0.29) is 37.6 Å². The Labute approximate surface area is 164 Å². The van der Waals surface area contributed by atoms with E-state index in [4.69, 9.17) is 28.4 Å². The van der Waals surface area contributed by atoms with E-state index >= 15 is 0 Å². The van der Waals surface area contributed by atoms with Gasteiger partial charge in [0.05, 0.1) is 0 Å². The second kappa shape index (κ2) is 11.3. The van der Waals surface area contributed by atoms with E-state index in [1.807, 2.05) is 6.92 Å². The molecule has 0 unspecified atom stereocenters. The molecule has 0 saturated carbocycles. The minimum absolute atomic E-state index is 0.0277. The average molecular weight is 393 g/mol. The predicted octanol–water partition coefficient (Wildman–Crippen LogP) is 3.08. The summed E-state index contributed by atoms with van der Waals surface area (Å²) in [6, 6.07) is 5.21. The first-order valence-corrected chi connectivity index (χ1v) is 8.90. The normalized spacial score (nSPS) is 10.7. The molecule has 0 aliphatic rings. The number of hydrogen-bond donors (Lipinski definition) is 0. The van der Waals surface area contributed by atoms with E-state index in [2.05, 4.69) is 0 Å². The molecule has 0 amide bonds. The van der Waals surface area contributed by atoms with E-state index in [1.165, 1.54) is 25.9 Å². The van der Waals surface area contributed by atoms with Crippen LogP contribution in [0.25, 0.3) is 0 Å². The number of rotatable bonds is 12. The summed E-state index contributed by atoms with van der Waals surface area (Å²) in [6.07, 6.45) is 4.78. The number of ether oxygens (including phenoxy) is 6. The predicted molar refractivity (Wildman–Crippen MR) is 102 cm³/mol. The molecule has 0 atom stereocenters. The highest BCUT2D eigenvalue weighted by Gasteiger charge is 2.27. The van der Waals surface area contributed by atoms with Gasteiger partial charge in [0.1, 0.15) is 22.8 Å². The number of aromatic nitrogens is 1. The molecule has 2 aromatic rings. The highest BCUT2D eigenvalue weighted by Crippen LogP contribution is 2.41. The molecule has 8 nitrogen and oxygen atoms in total. The van der Waals surface area contributed by atoms with Crippen molar-refractivity contribution in [1.82, 2.24) is 4.57 Å². The first-order chi connectivity index (χ1) is 13.7. The molecule has 0 aliphatic heterocycles. The Morgan fingerprint density at radius 3 is 2.04 bits per heavy atom. The number of benzene rings is 1. The molecule has 0 aliphatic carbocycles. The molecule has 0 radical (unpaired) electrons. The van der Waals surface area contributed by atoms with Crippen LogP contribution in [0.5, 0.6) is 17.2 Å². The fourth-order valence-electron chi connectivity index (χ4n) is 2.71. The topological polar surface area (TPSA) is 77.4 Å². The van der Waals surface area contributed by atoms with Crippen LogP contribution < -0.4 is 14.2 Å². The van der Waals surface area contributed by atoms with Crippen LogP contribution >= 0.6 is 0 Å². The molecule has 0 fully saturated rings. The standard InChI is InChI=1S/C20H27NO7/c1-5-8-15-16(26-12-23-2)11-17(27-13-24-3)18(19(15)28-14-25-4)20(22)21-9-6-7-10-21/h6-7,9-11H,5,8,12-14H2,1-4H3. The lowest BCUT2D eigenvalue weighted by atomic mass is 10.0. The van der Waals surface area contributed by atoms with E-state index in [1.54, 1.807) is 30.6 Å². The third-order valence-electron chi connectivity index (χ3n) is 3.85. The van der Waals surface area contributed by atoms with Crippen molar-refractivity contribution >= 4 is 5.91 Å². The summed E-state index contributed by atoms with van der Waals surface area (Å²) in [5.41, 5.74) is 1.02. The fraction of sp³-hybridized carbons (Fsp3) is 0.450. The largest absolute Gasteiger partial charge is 0.467 e. The smallest absolute Gasteiger partial charge is 0.269 e. The van der Waals surface area contributed by atoms with Crippen molar-refractivity contribution in [3.63, 3.8) is 0 Å². The highest BCUT2D eigenvalue weighted by molar-refractivity contribution is 6.02. The summed E-state index contributed by atoms with van der Waals surface area (Å²) in [5.74, 6) is 0.877. The SMILES string of the molecule is CCCc1c(OCOC)cc(OCOC)c(C(=O)n2cccc2)c1OCOC. The quantitative estimate of drug-likeness (QED) is 0.513. The van der Waals surface area contributed by atoms with Crippen LogP contribution in [-0.2, 0) is 20.6 Å². The fourth-order valence-corrected chi connectivity index (χ4v) is 2.71. The molecule has 0 saturated heterocycles. The zero-order chi connectivity index (χ0) is 20.4. The van der Waals surface area contributed by atoms with Gasteiger partial charge in [-0.15, -0.1) is 0 Å². The summed E-state index contributed by atoms with van der Waals surface area (Å²) in [5, 5.41) is 0. The Hall–Kier alpha value is -2.55. The zero-order valence-electron chi connectivity index (χ0n) is 16.7. The molecule has 0 spiro atoms. The number of hydrogen-bond acceptors (Lipinski definition) is 7. The van der Waals surface area contributed by atoms with Crippen LogP contribution in [0.3, 0.4) is 0 Å². The van der Waals surface area contributed by atoms with Crippen LogP contribution in [0.4, 0.5) is 0 Å². The number of nitrogens with zero attached hydrogens (tertiary/aromatic N) is 1. The van der Waals surface area contributed by atoms with Gasteiger partial charge in [-0.05, 0) is 18.6 Å². The molecular formula is C20H27NO7. The molecule has 8 heteroatoms. The summed E-state index contributed by atoms with van der Waals surface area (Å²) < 4.78 is 33.8. The second-order valence-corrected chi connectivity index (χ2v) is 5.85. The maximum atomic E-state index is 13.2. The molecule has 0 N–H and O–H groups in total. The van der Waals surface area contributed by atoms with Gasteiger partial charge in [-0.25, -0.2) is 0 Å². The molecule has 1 aromatic heterocycles. The monoisotopic (exact) mass is 393 g/mol. The van der Waals surface area contributed by atoms with E-state index in [0.717, 1.165) is 12.0 Å². The molecule has 2 rings (SSSR count). The van der Waals surface area contributed by atoms with Crippen LogP contribution in [-0.4, -0.2) is 52.2 Å². The lowest BCUT2D eigenvalue weighted by Gasteiger charge is -2.21. The van der Waals surface area contributed by atoms with Gasteiger partial charge in [0.15, 0.2) is 20.4 Å². The van der Waals surface area contributed by atoms with Gasteiger partial charge >= 0.3 is 0 Å². The van der Waals surface area contributed by atoms with E-state index in [9.17, 15) is 4.79 Å². The van der Waals surface area contributed by atoms with Crippen molar-refractivity contribution in [3.8, 4) is 17.2 Å². The van der Waals surface area contributed by atoms with Gasteiger partial charge in [0, 0.05) is 45.4 Å². The highest BCUT2D eigenvalue weighted by atomic mass is 16.7. The summed E-state index contributed by atoms with van der Waals surface area (Å²) >= 11 is 0. The van der Waals surface area contributed by atoms with Crippen molar-refractivity contribution in [3.05, 3.63) is 41.7 Å². The third kappa shape index (κ3) is 5.25. The number of carbonyl (C=O) groups excluding carboxylic acids is 1. The van der Waals surface area contributed by atoms with Crippen LogP contribution in [0, 0.1) is 0 Å². The summed E-state index contributed by atoms with van der Waals surface area (Å²) in [4.78, 5) is 13.2. The first-order valence-electron chi connectivity index (χ1n) is 8.90. The molecule has 1 heterocycles. The average Bonchev–Trinajstić information content (AvgIpc) is 3.24. The summed E-state index contributed by atoms with van der Waals surface area (Å²) in [6.45, 7) is 2.02. The van der Waals surface area contributed by atoms with Gasteiger partial charge in [-0.1, -0.05) is 13.3 Å². The molecule has 28 heavy (non-hydrogen) atoms. The van der Waals surface area contributed by atoms with Crippen molar-refractivity contribution in [1.29, 1.82) is 0 Å². The second-order valence-electron chi connectivity index (χ2n) is 5.85. The number of carbonyl (C=O) groups is 1. The maximum absolute atomic E-state index is 13.2. The minimum atomic E-state index is -0.294. The minimum Gasteiger partial charge on any atom is -0.467 e. The number of methoxy groups -OCH3 is 3. The molecule has 154 valence electrons. The molecular weight excluding hydrogens is 366 g/mol. The Kier molecular flexibility index (Phi) is 8.80. The lowest BCUT2D eigenvalue weighted by molar-refractivity contribution is 0.0387. The first kappa shape index (κ1) is 21.7. The van der Waals surface area contributed by atoms with Gasteiger partial charge in [-0.2, -0.15) is 0 Å². The van der Waals surface area contributed by atoms with Crippen molar-refractivity contribution in [2.45, 2.75) is 19.8 Å². The van der Waals surface area contributed by atoms with Crippen molar-refractivity contribution in [2.75, 3.05) is 41.7 Å². The van der Waals surface area contributed by atoms with Crippen LogP contribution in [0.1, 0.15) is 29.3 Å². The zero-order valence-corrected chi connectivity index (χ0v) is 16.7. The van der Waals surface area contributed by atoms with E-state index in [0.29, 0.717) is 17.9 Å². The maximum Gasteiger partial charge on any atom is 0.269 e. The van der Waals surface area contributed by atoms with Gasteiger partial charge < -0.3 is 28.4 Å². The Bertz CT molecular complexity index is 744. The third-order valence-corrected chi connectivity index (χ3v) is 3.85.